The Morgan fingerprint density at radius 3 is 2.69 bits per heavy atom. The second-order valence-electron chi connectivity index (χ2n) is 6.38. The fraction of sp³-hybridized carbons (Fsp3) is 0.300. The maximum atomic E-state index is 12.6. The average molecular weight is 353 g/mol. The zero-order valence-electron chi connectivity index (χ0n) is 15.1. The van der Waals surface area contributed by atoms with Crippen LogP contribution < -0.4 is 10.1 Å². The van der Waals surface area contributed by atoms with Crippen molar-refractivity contribution in [1.29, 1.82) is 0 Å². The number of hydrogen-bond donors (Lipinski definition) is 1. The molecule has 1 heterocycles. The van der Waals surface area contributed by atoms with Crippen molar-refractivity contribution >= 4 is 17.6 Å². The minimum Gasteiger partial charge on any atom is -0.491 e. The summed E-state index contributed by atoms with van der Waals surface area (Å²) in [6, 6.07) is 15.1. The highest BCUT2D eigenvalue weighted by molar-refractivity contribution is 5.89. The fourth-order valence-electron chi connectivity index (χ4n) is 2.83. The highest BCUT2D eigenvalue weighted by Gasteiger charge is 2.20. The molecule has 26 heavy (non-hydrogen) atoms. The predicted molar refractivity (Wildman–Crippen MR) is 100.0 cm³/mol. The van der Waals surface area contributed by atoms with Gasteiger partial charge in [-0.3, -0.25) is 4.79 Å². The lowest BCUT2D eigenvalue weighted by Gasteiger charge is -2.21. The van der Waals surface area contributed by atoms with Crippen molar-refractivity contribution in [1.82, 2.24) is 9.80 Å². The number of carbonyl (C=O) groups excluding carboxylic acids is 2. The number of carbonyl (C=O) groups is 2. The predicted octanol–water partition coefficient (Wildman–Crippen LogP) is 3.09. The van der Waals surface area contributed by atoms with Gasteiger partial charge in [-0.25, -0.2) is 4.79 Å². The van der Waals surface area contributed by atoms with Gasteiger partial charge >= 0.3 is 6.03 Å². The first-order valence-electron chi connectivity index (χ1n) is 8.60. The molecule has 2 aromatic carbocycles. The van der Waals surface area contributed by atoms with Gasteiger partial charge in [0.1, 0.15) is 12.4 Å². The Labute approximate surface area is 153 Å². The summed E-state index contributed by atoms with van der Waals surface area (Å²) in [7, 11) is 1.77. The summed E-state index contributed by atoms with van der Waals surface area (Å²) in [6.45, 7) is 3.49. The first-order valence-corrected chi connectivity index (χ1v) is 8.60. The monoisotopic (exact) mass is 353 g/mol. The molecular formula is C20H23N3O3. The van der Waals surface area contributed by atoms with Gasteiger partial charge in [0.15, 0.2) is 0 Å². The lowest BCUT2D eigenvalue weighted by atomic mass is 10.1. The molecule has 0 spiro atoms. The summed E-state index contributed by atoms with van der Waals surface area (Å²) >= 11 is 0. The van der Waals surface area contributed by atoms with E-state index in [-0.39, 0.29) is 11.9 Å². The van der Waals surface area contributed by atoms with E-state index in [2.05, 4.69) is 5.32 Å². The molecule has 6 nitrogen and oxygen atoms in total. The van der Waals surface area contributed by atoms with Crippen molar-refractivity contribution in [2.24, 2.45) is 0 Å². The number of nitrogens with one attached hydrogen (secondary N) is 1. The van der Waals surface area contributed by atoms with E-state index < -0.39 is 0 Å². The zero-order valence-corrected chi connectivity index (χ0v) is 15.1. The number of nitrogens with zero attached hydrogens (tertiary/aromatic N) is 2. The standard InChI is InChI=1S/C20H23N3O3/c1-15(24)22(2)13-16-8-9-19-17(12-16)14-23(10-11-26-19)20(25)21-18-6-4-3-5-7-18/h3-9,12H,10-11,13-14H2,1-2H3,(H,21,25). The molecule has 136 valence electrons. The summed E-state index contributed by atoms with van der Waals surface area (Å²) in [5.41, 5.74) is 2.72. The summed E-state index contributed by atoms with van der Waals surface area (Å²) < 4.78 is 5.78. The van der Waals surface area contributed by atoms with E-state index in [1.165, 1.54) is 0 Å². The lowest BCUT2D eigenvalue weighted by Crippen LogP contribution is -2.36. The molecule has 3 rings (SSSR count). The number of urea groups is 1. The lowest BCUT2D eigenvalue weighted by molar-refractivity contribution is -0.128. The van der Waals surface area contributed by atoms with E-state index in [1.807, 2.05) is 48.5 Å². The van der Waals surface area contributed by atoms with Crippen LogP contribution in [0.4, 0.5) is 10.5 Å². The first kappa shape index (κ1) is 17.8. The smallest absolute Gasteiger partial charge is 0.322 e. The maximum absolute atomic E-state index is 12.6. The van der Waals surface area contributed by atoms with Crippen molar-refractivity contribution < 1.29 is 14.3 Å². The number of anilines is 1. The number of amides is 3. The van der Waals surface area contributed by atoms with Gasteiger partial charge in [-0.2, -0.15) is 0 Å². The van der Waals surface area contributed by atoms with Crippen molar-refractivity contribution in [2.45, 2.75) is 20.0 Å². The highest BCUT2D eigenvalue weighted by Crippen LogP contribution is 2.25. The quantitative estimate of drug-likeness (QED) is 0.922. The van der Waals surface area contributed by atoms with Crippen LogP contribution in [0.2, 0.25) is 0 Å². The van der Waals surface area contributed by atoms with Crippen molar-refractivity contribution in [2.75, 3.05) is 25.5 Å². The molecule has 0 aromatic heterocycles. The average Bonchev–Trinajstić information content (AvgIpc) is 2.84. The number of rotatable bonds is 3. The van der Waals surface area contributed by atoms with Crippen molar-refractivity contribution in [3.8, 4) is 5.75 Å². The third-order valence-electron chi connectivity index (χ3n) is 4.37. The molecule has 0 fully saturated rings. The minimum absolute atomic E-state index is 0.0139. The van der Waals surface area contributed by atoms with E-state index >= 15 is 0 Å². The number of hydrogen-bond acceptors (Lipinski definition) is 3. The van der Waals surface area contributed by atoms with Crippen molar-refractivity contribution in [3.63, 3.8) is 0 Å². The Kier molecular flexibility index (Phi) is 5.41. The molecule has 1 aliphatic heterocycles. The Hall–Kier alpha value is -3.02. The third kappa shape index (κ3) is 4.33. The van der Waals surface area contributed by atoms with Gasteiger partial charge in [0.2, 0.25) is 5.91 Å². The molecule has 0 atom stereocenters. The van der Waals surface area contributed by atoms with Crippen LogP contribution >= 0.6 is 0 Å². The van der Waals surface area contributed by atoms with Gasteiger partial charge in [-0.1, -0.05) is 24.3 Å². The van der Waals surface area contributed by atoms with Crippen LogP contribution in [-0.2, 0) is 17.9 Å². The Bertz CT molecular complexity index is 792. The summed E-state index contributed by atoms with van der Waals surface area (Å²) in [6.07, 6.45) is 0. The van der Waals surface area contributed by atoms with Gasteiger partial charge in [-0.05, 0) is 29.8 Å². The minimum atomic E-state index is -0.154. The molecular weight excluding hydrogens is 330 g/mol. The van der Waals surface area contributed by atoms with Gasteiger partial charge in [0, 0.05) is 31.8 Å². The van der Waals surface area contributed by atoms with Crippen LogP contribution in [0.1, 0.15) is 18.1 Å². The maximum Gasteiger partial charge on any atom is 0.322 e. The third-order valence-corrected chi connectivity index (χ3v) is 4.37. The number of benzene rings is 2. The second-order valence-corrected chi connectivity index (χ2v) is 6.38. The van der Waals surface area contributed by atoms with Gasteiger partial charge in [0.05, 0.1) is 13.1 Å². The molecule has 0 aliphatic carbocycles. The molecule has 0 radical (unpaired) electrons. The molecule has 0 bridgehead atoms. The van der Waals surface area contributed by atoms with E-state index in [0.717, 1.165) is 22.6 Å². The molecule has 3 amide bonds. The molecule has 6 heteroatoms. The summed E-state index contributed by atoms with van der Waals surface area (Å²) in [5.74, 6) is 0.800. The Balaban J connectivity index is 1.73. The number of fused-ring (bicyclic) bond motifs is 1. The van der Waals surface area contributed by atoms with Crippen LogP contribution in [0.3, 0.4) is 0 Å². The van der Waals surface area contributed by atoms with Crippen LogP contribution in [0.5, 0.6) is 5.75 Å². The molecule has 1 N–H and O–H groups in total. The normalized spacial score (nSPS) is 13.2. The molecule has 2 aromatic rings. The summed E-state index contributed by atoms with van der Waals surface area (Å²) in [4.78, 5) is 27.4. The van der Waals surface area contributed by atoms with Gasteiger partial charge in [-0.15, -0.1) is 0 Å². The SMILES string of the molecule is CC(=O)N(C)Cc1ccc2c(c1)CN(C(=O)Nc1ccccc1)CCO2. The van der Waals surface area contributed by atoms with E-state index in [9.17, 15) is 9.59 Å². The highest BCUT2D eigenvalue weighted by atomic mass is 16.5. The van der Waals surface area contributed by atoms with Crippen LogP contribution in [0, 0.1) is 0 Å². The Morgan fingerprint density at radius 1 is 1.19 bits per heavy atom. The largest absolute Gasteiger partial charge is 0.491 e. The second kappa shape index (κ2) is 7.91. The van der Waals surface area contributed by atoms with E-state index in [0.29, 0.717) is 26.2 Å². The molecule has 0 saturated carbocycles. The molecule has 0 saturated heterocycles. The first-order chi connectivity index (χ1) is 12.5. The zero-order chi connectivity index (χ0) is 18.5. The van der Waals surface area contributed by atoms with Crippen molar-refractivity contribution in [3.05, 3.63) is 59.7 Å². The fourth-order valence-corrected chi connectivity index (χ4v) is 2.83. The summed E-state index contributed by atoms with van der Waals surface area (Å²) in [5, 5.41) is 2.91. The van der Waals surface area contributed by atoms with Crippen LogP contribution in [0.15, 0.2) is 48.5 Å². The van der Waals surface area contributed by atoms with E-state index in [4.69, 9.17) is 4.74 Å². The number of para-hydroxylation sites is 1. The molecule has 0 unspecified atom stereocenters. The topological polar surface area (TPSA) is 61.9 Å². The van der Waals surface area contributed by atoms with Gasteiger partial charge in [0.25, 0.3) is 0 Å². The number of ether oxygens (including phenoxy) is 1. The van der Waals surface area contributed by atoms with Gasteiger partial charge < -0.3 is 19.9 Å². The Morgan fingerprint density at radius 2 is 1.96 bits per heavy atom. The van der Waals surface area contributed by atoms with Crippen LogP contribution in [0.25, 0.3) is 0 Å². The molecule has 1 aliphatic rings. The van der Waals surface area contributed by atoms with E-state index in [1.54, 1.807) is 23.8 Å². The van der Waals surface area contributed by atoms with Crippen LogP contribution in [-0.4, -0.2) is 41.9 Å².